The van der Waals surface area contributed by atoms with Gasteiger partial charge in [-0.15, -0.1) is 0 Å². The SMILES string of the molecule is CCc1ccccc1CNCC1COCCO1. The molecule has 1 atom stereocenters. The highest BCUT2D eigenvalue weighted by Crippen LogP contribution is 2.09. The lowest BCUT2D eigenvalue weighted by Gasteiger charge is -2.23. The molecule has 1 N–H and O–H groups in total. The molecule has 0 saturated carbocycles. The zero-order chi connectivity index (χ0) is 11.9. The van der Waals surface area contributed by atoms with Gasteiger partial charge in [0.05, 0.1) is 25.9 Å². The summed E-state index contributed by atoms with van der Waals surface area (Å²) in [6.07, 6.45) is 1.29. The van der Waals surface area contributed by atoms with Gasteiger partial charge < -0.3 is 14.8 Å². The third kappa shape index (κ3) is 3.80. The summed E-state index contributed by atoms with van der Waals surface area (Å²) in [5.41, 5.74) is 2.80. The highest BCUT2D eigenvalue weighted by atomic mass is 16.6. The number of nitrogens with one attached hydrogen (secondary N) is 1. The third-order valence-electron chi connectivity index (χ3n) is 3.07. The van der Waals surface area contributed by atoms with Crippen LogP contribution in [0.3, 0.4) is 0 Å². The number of aryl methyl sites for hydroxylation is 1. The number of ether oxygens (including phenoxy) is 2. The fraction of sp³-hybridized carbons (Fsp3) is 0.571. The monoisotopic (exact) mass is 235 g/mol. The molecule has 1 aromatic carbocycles. The van der Waals surface area contributed by atoms with E-state index < -0.39 is 0 Å². The van der Waals surface area contributed by atoms with Gasteiger partial charge in [0.25, 0.3) is 0 Å². The Bertz CT molecular complexity index is 335. The quantitative estimate of drug-likeness (QED) is 0.843. The number of benzene rings is 1. The minimum absolute atomic E-state index is 0.206. The van der Waals surface area contributed by atoms with Crippen LogP contribution in [-0.4, -0.2) is 32.5 Å². The van der Waals surface area contributed by atoms with Gasteiger partial charge in [0.2, 0.25) is 0 Å². The first-order valence-electron chi connectivity index (χ1n) is 6.37. The Hall–Kier alpha value is -0.900. The Labute approximate surface area is 103 Å². The van der Waals surface area contributed by atoms with Crippen LogP contribution in [0.15, 0.2) is 24.3 Å². The van der Waals surface area contributed by atoms with Crippen LogP contribution in [-0.2, 0) is 22.4 Å². The average molecular weight is 235 g/mol. The summed E-state index contributed by atoms with van der Waals surface area (Å²) in [6, 6.07) is 8.57. The summed E-state index contributed by atoms with van der Waals surface area (Å²) in [7, 11) is 0. The van der Waals surface area contributed by atoms with Crippen molar-refractivity contribution in [3.05, 3.63) is 35.4 Å². The molecule has 3 heteroatoms. The fourth-order valence-corrected chi connectivity index (χ4v) is 2.10. The van der Waals surface area contributed by atoms with Crippen molar-refractivity contribution in [3.8, 4) is 0 Å². The zero-order valence-corrected chi connectivity index (χ0v) is 10.4. The van der Waals surface area contributed by atoms with E-state index in [1.54, 1.807) is 0 Å². The standard InChI is InChI=1S/C14H21NO2/c1-2-12-5-3-4-6-13(12)9-15-10-14-11-16-7-8-17-14/h3-6,14-15H,2,7-11H2,1H3. The predicted molar refractivity (Wildman–Crippen MR) is 68.1 cm³/mol. The van der Waals surface area contributed by atoms with Gasteiger partial charge in [-0.05, 0) is 17.5 Å². The molecular weight excluding hydrogens is 214 g/mol. The predicted octanol–water partition coefficient (Wildman–Crippen LogP) is 1.75. The van der Waals surface area contributed by atoms with E-state index in [0.29, 0.717) is 6.61 Å². The molecule has 1 unspecified atom stereocenters. The molecule has 1 aliphatic heterocycles. The number of hydrogen-bond acceptors (Lipinski definition) is 3. The van der Waals surface area contributed by atoms with E-state index in [-0.39, 0.29) is 6.10 Å². The molecule has 1 fully saturated rings. The third-order valence-corrected chi connectivity index (χ3v) is 3.07. The van der Waals surface area contributed by atoms with E-state index in [2.05, 4.69) is 36.5 Å². The molecule has 0 radical (unpaired) electrons. The van der Waals surface area contributed by atoms with Crippen molar-refractivity contribution in [1.29, 1.82) is 0 Å². The van der Waals surface area contributed by atoms with Crippen molar-refractivity contribution >= 4 is 0 Å². The molecule has 17 heavy (non-hydrogen) atoms. The molecular formula is C14H21NO2. The Morgan fingerprint density at radius 3 is 2.76 bits per heavy atom. The molecule has 1 aliphatic rings. The summed E-state index contributed by atoms with van der Waals surface area (Å²) in [5.74, 6) is 0. The summed E-state index contributed by atoms with van der Waals surface area (Å²) < 4.78 is 10.9. The normalized spacial score (nSPS) is 20.4. The van der Waals surface area contributed by atoms with Crippen LogP contribution < -0.4 is 5.32 Å². The number of hydrogen-bond donors (Lipinski definition) is 1. The van der Waals surface area contributed by atoms with Gasteiger partial charge in [0.15, 0.2) is 0 Å². The largest absolute Gasteiger partial charge is 0.376 e. The van der Waals surface area contributed by atoms with E-state index in [1.807, 2.05) is 0 Å². The van der Waals surface area contributed by atoms with Crippen molar-refractivity contribution in [1.82, 2.24) is 5.32 Å². The highest BCUT2D eigenvalue weighted by Gasteiger charge is 2.13. The lowest BCUT2D eigenvalue weighted by atomic mass is 10.1. The average Bonchev–Trinajstić information content (AvgIpc) is 2.40. The Morgan fingerprint density at radius 2 is 2.06 bits per heavy atom. The van der Waals surface area contributed by atoms with Gasteiger partial charge in [-0.1, -0.05) is 31.2 Å². The van der Waals surface area contributed by atoms with E-state index in [0.717, 1.165) is 32.7 Å². The van der Waals surface area contributed by atoms with Crippen molar-refractivity contribution < 1.29 is 9.47 Å². The number of rotatable bonds is 5. The van der Waals surface area contributed by atoms with Gasteiger partial charge in [0, 0.05) is 13.1 Å². The first-order valence-corrected chi connectivity index (χ1v) is 6.37. The molecule has 0 bridgehead atoms. The van der Waals surface area contributed by atoms with E-state index in [4.69, 9.17) is 9.47 Å². The van der Waals surface area contributed by atoms with E-state index >= 15 is 0 Å². The summed E-state index contributed by atoms with van der Waals surface area (Å²) >= 11 is 0. The second kappa shape index (κ2) is 6.74. The first kappa shape index (κ1) is 12.6. The summed E-state index contributed by atoms with van der Waals surface area (Å²) in [6.45, 7) is 6.12. The molecule has 0 amide bonds. The van der Waals surface area contributed by atoms with Crippen LogP contribution in [0.2, 0.25) is 0 Å². The van der Waals surface area contributed by atoms with Crippen molar-refractivity contribution in [3.63, 3.8) is 0 Å². The van der Waals surface area contributed by atoms with Crippen LogP contribution in [0.5, 0.6) is 0 Å². The maximum absolute atomic E-state index is 5.58. The zero-order valence-electron chi connectivity index (χ0n) is 10.4. The molecule has 1 heterocycles. The minimum atomic E-state index is 0.206. The Morgan fingerprint density at radius 1 is 1.24 bits per heavy atom. The molecule has 3 nitrogen and oxygen atoms in total. The first-order chi connectivity index (χ1) is 8.40. The van der Waals surface area contributed by atoms with Crippen LogP contribution in [0, 0.1) is 0 Å². The fourth-order valence-electron chi connectivity index (χ4n) is 2.10. The van der Waals surface area contributed by atoms with Gasteiger partial charge in [-0.2, -0.15) is 0 Å². The van der Waals surface area contributed by atoms with Crippen LogP contribution in [0.1, 0.15) is 18.1 Å². The lowest BCUT2D eigenvalue weighted by molar-refractivity contribution is -0.0864. The second-order valence-electron chi connectivity index (χ2n) is 4.32. The van der Waals surface area contributed by atoms with Crippen LogP contribution in [0.4, 0.5) is 0 Å². The Kier molecular flexibility index (Phi) is 4.98. The van der Waals surface area contributed by atoms with Crippen molar-refractivity contribution in [2.45, 2.75) is 26.0 Å². The topological polar surface area (TPSA) is 30.5 Å². The van der Waals surface area contributed by atoms with Crippen molar-refractivity contribution in [2.24, 2.45) is 0 Å². The molecule has 94 valence electrons. The van der Waals surface area contributed by atoms with E-state index in [9.17, 15) is 0 Å². The summed E-state index contributed by atoms with van der Waals surface area (Å²) in [5, 5.41) is 3.44. The van der Waals surface area contributed by atoms with Gasteiger partial charge in [0.1, 0.15) is 0 Å². The lowest BCUT2D eigenvalue weighted by Crippen LogP contribution is -2.37. The molecule has 1 saturated heterocycles. The van der Waals surface area contributed by atoms with Gasteiger partial charge in [-0.25, -0.2) is 0 Å². The van der Waals surface area contributed by atoms with Crippen molar-refractivity contribution in [2.75, 3.05) is 26.4 Å². The highest BCUT2D eigenvalue weighted by molar-refractivity contribution is 5.26. The van der Waals surface area contributed by atoms with Gasteiger partial charge in [-0.3, -0.25) is 0 Å². The van der Waals surface area contributed by atoms with Crippen LogP contribution >= 0.6 is 0 Å². The van der Waals surface area contributed by atoms with E-state index in [1.165, 1.54) is 11.1 Å². The molecule has 1 aromatic rings. The maximum Gasteiger partial charge on any atom is 0.0933 e. The molecule has 2 rings (SSSR count). The molecule has 0 aromatic heterocycles. The smallest absolute Gasteiger partial charge is 0.0933 e. The van der Waals surface area contributed by atoms with Crippen LogP contribution in [0.25, 0.3) is 0 Å². The molecule has 0 spiro atoms. The summed E-state index contributed by atoms with van der Waals surface area (Å²) in [4.78, 5) is 0. The van der Waals surface area contributed by atoms with Gasteiger partial charge >= 0.3 is 0 Å². The Balaban J connectivity index is 1.77. The minimum Gasteiger partial charge on any atom is -0.376 e. The second-order valence-corrected chi connectivity index (χ2v) is 4.32. The maximum atomic E-state index is 5.58. The molecule has 0 aliphatic carbocycles.